The Labute approximate surface area is 162 Å². The minimum Gasteiger partial charge on any atom is -0.207 e. The molecule has 2 aromatic carbocycles. The van der Waals surface area contributed by atoms with Crippen molar-refractivity contribution in [2.75, 3.05) is 6.54 Å². The fourth-order valence-corrected chi connectivity index (χ4v) is 5.20. The van der Waals surface area contributed by atoms with Gasteiger partial charge >= 0.3 is 0 Å². The Bertz CT molecular complexity index is 957. The maximum Gasteiger partial charge on any atom is 0.244 e. The van der Waals surface area contributed by atoms with Crippen LogP contribution >= 0.6 is 0 Å². The lowest BCUT2D eigenvalue weighted by Gasteiger charge is -2.27. The molecular weight excluding hydrogens is 354 g/mol. The fourth-order valence-electron chi connectivity index (χ4n) is 3.60. The minimum absolute atomic E-state index is 0.314. The lowest BCUT2D eigenvalue weighted by atomic mass is 9.94. The van der Waals surface area contributed by atoms with Crippen molar-refractivity contribution in [2.45, 2.75) is 30.7 Å². The van der Waals surface area contributed by atoms with E-state index in [1.54, 1.807) is 16.4 Å². The van der Waals surface area contributed by atoms with Gasteiger partial charge in [-0.2, -0.15) is 4.31 Å². The molecule has 0 aliphatic carbocycles. The summed E-state index contributed by atoms with van der Waals surface area (Å²) in [5.41, 5.74) is 4.22. The minimum atomic E-state index is -3.63. The average Bonchev–Trinajstić information content (AvgIpc) is 3.03. The Morgan fingerprint density at radius 1 is 1.00 bits per heavy atom. The van der Waals surface area contributed by atoms with E-state index >= 15 is 0 Å². The van der Waals surface area contributed by atoms with E-state index in [4.69, 9.17) is 0 Å². The first-order valence-corrected chi connectivity index (χ1v) is 10.5. The molecule has 0 radical (unpaired) electrons. The molecule has 1 aliphatic heterocycles. The summed E-state index contributed by atoms with van der Waals surface area (Å²) in [7, 11) is -3.63. The van der Waals surface area contributed by atoms with Crippen molar-refractivity contribution in [2.24, 2.45) is 0 Å². The Morgan fingerprint density at radius 3 is 2.22 bits per heavy atom. The quantitative estimate of drug-likeness (QED) is 0.621. The third kappa shape index (κ3) is 3.82. The monoisotopic (exact) mass is 379 g/mol. The van der Waals surface area contributed by atoms with Gasteiger partial charge in [0, 0.05) is 6.54 Å². The molecule has 1 atom stereocenters. The summed E-state index contributed by atoms with van der Waals surface area (Å²) < 4.78 is 28.6. The second-order valence-electron chi connectivity index (χ2n) is 6.79. The topological polar surface area (TPSA) is 37.4 Å². The first kappa shape index (κ1) is 19.3. The van der Waals surface area contributed by atoms with Gasteiger partial charge in [-0.1, -0.05) is 60.2 Å². The molecule has 0 fully saturated rings. The van der Waals surface area contributed by atoms with E-state index in [9.17, 15) is 8.42 Å². The maximum atomic E-state index is 13.5. The Hall–Kier alpha value is -2.43. The van der Waals surface area contributed by atoms with E-state index in [0.717, 1.165) is 22.3 Å². The van der Waals surface area contributed by atoms with E-state index in [2.05, 4.69) is 13.2 Å². The number of allylic oxidation sites excluding steroid dienone is 2. The third-order valence-electron chi connectivity index (χ3n) is 4.92. The molecule has 0 N–H and O–H groups in total. The van der Waals surface area contributed by atoms with Crippen molar-refractivity contribution in [3.63, 3.8) is 0 Å². The van der Waals surface area contributed by atoms with Gasteiger partial charge < -0.3 is 0 Å². The van der Waals surface area contributed by atoms with Crippen molar-refractivity contribution < 1.29 is 8.42 Å². The predicted molar refractivity (Wildman–Crippen MR) is 111 cm³/mol. The summed E-state index contributed by atoms with van der Waals surface area (Å²) in [5.74, 6) is 0. The summed E-state index contributed by atoms with van der Waals surface area (Å²) in [6, 6.07) is 16.5. The zero-order valence-electron chi connectivity index (χ0n) is 15.6. The highest BCUT2D eigenvalue weighted by molar-refractivity contribution is 7.89. The number of benzene rings is 2. The zero-order chi connectivity index (χ0) is 19.4. The molecule has 1 unspecified atom stereocenters. The van der Waals surface area contributed by atoms with Crippen LogP contribution < -0.4 is 0 Å². The van der Waals surface area contributed by atoms with Gasteiger partial charge in [-0.3, -0.25) is 0 Å². The first-order valence-electron chi connectivity index (χ1n) is 9.05. The van der Waals surface area contributed by atoms with E-state index in [1.165, 1.54) is 0 Å². The Morgan fingerprint density at radius 2 is 1.63 bits per heavy atom. The van der Waals surface area contributed by atoms with Crippen LogP contribution in [0, 0.1) is 6.92 Å². The zero-order valence-corrected chi connectivity index (χ0v) is 16.5. The number of rotatable bonds is 7. The maximum absolute atomic E-state index is 13.5. The molecule has 0 aromatic heterocycles. The number of sulfonamides is 1. The molecule has 0 saturated carbocycles. The van der Waals surface area contributed by atoms with Gasteiger partial charge in [-0.15, -0.1) is 13.2 Å². The highest BCUT2D eigenvalue weighted by Crippen LogP contribution is 2.43. The van der Waals surface area contributed by atoms with Crippen LogP contribution in [0.15, 0.2) is 95.9 Å². The molecule has 3 rings (SSSR count). The molecule has 27 heavy (non-hydrogen) atoms. The second kappa shape index (κ2) is 8.07. The van der Waals surface area contributed by atoms with Gasteiger partial charge in [-0.05, 0) is 48.6 Å². The molecule has 1 heterocycles. The van der Waals surface area contributed by atoms with Crippen LogP contribution in [0.1, 0.15) is 30.0 Å². The molecule has 0 amide bonds. The number of aryl methyl sites for hydroxylation is 1. The summed E-state index contributed by atoms with van der Waals surface area (Å²) in [5, 5.41) is 0. The number of hydrogen-bond acceptors (Lipinski definition) is 2. The number of hydrogen-bond donors (Lipinski definition) is 0. The van der Waals surface area contributed by atoms with Gasteiger partial charge in [0.15, 0.2) is 0 Å². The van der Waals surface area contributed by atoms with Gasteiger partial charge in [-0.25, -0.2) is 8.42 Å². The molecule has 0 spiro atoms. The summed E-state index contributed by atoms with van der Waals surface area (Å²) in [4.78, 5) is 0.326. The van der Waals surface area contributed by atoms with Crippen LogP contribution in [0.2, 0.25) is 0 Å². The van der Waals surface area contributed by atoms with E-state index in [0.29, 0.717) is 24.3 Å². The molecule has 2 aromatic rings. The summed E-state index contributed by atoms with van der Waals surface area (Å²) in [6.45, 7) is 10.0. The van der Waals surface area contributed by atoms with Crippen LogP contribution in [0.5, 0.6) is 0 Å². The highest BCUT2D eigenvalue weighted by atomic mass is 32.2. The highest BCUT2D eigenvalue weighted by Gasteiger charge is 2.40. The van der Waals surface area contributed by atoms with Crippen molar-refractivity contribution in [3.8, 4) is 0 Å². The molecule has 4 heteroatoms. The standard InChI is InChI=1S/C23H25NO2S/c1-4-9-20-17-24(27(25,26)21-15-13-18(3)14-16-21)23(22(20)10-5-2)19-11-7-6-8-12-19/h4-8,11-16,23H,1-2,9-10,17H2,3H3. The lowest BCUT2D eigenvalue weighted by Crippen LogP contribution is -2.32. The van der Waals surface area contributed by atoms with Gasteiger partial charge in [0.25, 0.3) is 0 Å². The Kier molecular flexibility index (Phi) is 5.78. The summed E-state index contributed by atoms with van der Waals surface area (Å²) >= 11 is 0. The first-order chi connectivity index (χ1) is 13.0. The second-order valence-corrected chi connectivity index (χ2v) is 8.68. The average molecular weight is 380 g/mol. The normalized spacial score (nSPS) is 17.9. The Balaban J connectivity index is 2.12. The van der Waals surface area contributed by atoms with Crippen LogP contribution in [-0.2, 0) is 10.0 Å². The lowest BCUT2D eigenvalue weighted by molar-refractivity contribution is 0.405. The largest absolute Gasteiger partial charge is 0.244 e. The molecular formula is C23H25NO2S. The molecule has 140 valence electrons. The molecule has 3 nitrogen and oxygen atoms in total. The van der Waals surface area contributed by atoms with Crippen molar-refractivity contribution >= 4 is 10.0 Å². The van der Waals surface area contributed by atoms with Crippen LogP contribution in [0.4, 0.5) is 0 Å². The molecule has 0 bridgehead atoms. The summed E-state index contributed by atoms with van der Waals surface area (Å²) in [6.07, 6.45) is 5.01. The SMILES string of the molecule is C=CCC1=C(CC=C)C(c2ccccc2)N(S(=O)(=O)c2ccc(C)cc2)C1. The van der Waals surface area contributed by atoms with E-state index in [1.807, 2.05) is 61.5 Å². The predicted octanol–water partition coefficient (Wildman–Crippen LogP) is 5.19. The molecule has 0 saturated heterocycles. The van der Waals surface area contributed by atoms with Gasteiger partial charge in [0.2, 0.25) is 10.0 Å². The van der Waals surface area contributed by atoms with Crippen LogP contribution in [0.25, 0.3) is 0 Å². The van der Waals surface area contributed by atoms with Crippen LogP contribution in [-0.4, -0.2) is 19.3 Å². The van der Waals surface area contributed by atoms with Crippen LogP contribution in [0.3, 0.4) is 0 Å². The molecule has 1 aliphatic rings. The van der Waals surface area contributed by atoms with Gasteiger partial charge in [0.1, 0.15) is 0 Å². The smallest absolute Gasteiger partial charge is 0.207 e. The fraction of sp³-hybridized carbons (Fsp3) is 0.217. The van der Waals surface area contributed by atoms with Gasteiger partial charge in [0.05, 0.1) is 10.9 Å². The van der Waals surface area contributed by atoms with Crippen molar-refractivity contribution in [1.82, 2.24) is 4.31 Å². The number of nitrogens with zero attached hydrogens (tertiary/aromatic N) is 1. The van der Waals surface area contributed by atoms with Crippen molar-refractivity contribution in [1.29, 1.82) is 0 Å². The van der Waals surface area contributed by atoms with E-state index < -0.39 is 10.0 Å². The third-order valence-corrected chi connectivity index (χ3v) is 6.74. The van der Waals surface area contributed by atoms with E-state index in [-0.39, 0.29) is 6.04 Å². The van der Waals surface area contributed by atoms with Crippen molar-refractivity contribution in [3.05, 3.63) is 102 Å².